The van der Waals surface area contributed by atoms with Gasteiger partial charge in [-0.1, -0.05) is 60.8 Å². The molecule has 0 aromatic heterocycles. The highest BCUT2D eigenvalue weighted by Crippen LogP contribution is 2.44. The number of hydrogen-bond donors (Lipinski definition) is 3. The molecule has 0 spiro atoms. The molecule has 0 heterocycles. The minimum absolute atomic E-state index is 0.0448. The Morgan fingerprint density at radius 1 is 1.15 bits per heavy atom. The maximum atomic E-state index is 12.2. The molecule has 0 unspecified atom stereocenters. The van der Waals surface area contributed by atoms with Crippen molar-refractivity contribution >= 4 is 28.8 Å². The minimum atomic E-state index is -1.06. The van der Waals surface area contributed by atoms with Gasteiger partial charge >= 0.3 is 12.1 Å². The highest BCUT2D eigenvalue weighted by atomic mass is 32.1. The second-order valence-electron chi connectivity index (χ2n) is 6.28. The average molecular weight is 385 g/mol. The van der Waals surface area contributed by atoms with Crippen LogP contribution in [0.1, 0.15) is 30.4 Å². The molecule has 0 bridgehead atoms. The van der Waals surface area contributed by atoms with E-state index < -0.39 is 18.1 Å². The number of ether oxygens (including phenoxy) is 1. The molecule has 2 aromatic carbocycles. The van der Waals surface area contributed by atoms with Gasteiger partial charge in [-0.2, -0.15) is 0 Å². The highest BCUT2D eigenvalue weighted by molar-refractivity contribution is 7.97. The predicted octanol–water partition coefficient (Wildman–Crippen LogP) is 3.66. The van der Waals surface area contributed by atoms with Gasteiger partial charge in [-0.15, -0.1) is 0 Å². The van der Waals surface area contributed by atoms with E-state index in [2.05, 4.69) is 17.4 Å². The maximum Gasteiger partial charge on any atom is 0.407 e. The Morgan fingerprint density at radius 2 is 1.74 bits per heavy atom. The molecule has 27 heavy (non-hydrogen) atoms. The van der Waals surface area contributed by atoms with Crippen LogP contribution >= 0.6 is 11.4 Å². The summed E-state index contributed by atoms with van der Waals surface area (Å²) in [6.45, 7) is 2.18. The molecule has 0 fully saturated rings. The van der Waals surface area contributed by atoms with Crippen LogP contribution in [0.25, 0.3) is 11.1 Å². The maximum absolute atomic E-state index is 12.2. The number of carbonyl (C=O) groups is 2. The first-order chi connectivity index (χ1) is 13.1. The second-order valence-corrected chi connectivity index (χ2v) is 7.64. The van der Waals surface area contributed by atoms with Crippen LogP contribution in [-0.4, -0.2) is 40.9 Å². The Kier molecular flexibility index (Phi) is 6.29. The molecule has 0 aliphatic heterocycles. The van der Waals surface area contributed by atoms with Crippen molar-refractivity contribution in [1.29, 1.82) is 0 Å². The zero-order chi connectivity index (χ0) is 19.2. The number of rotatable bonds is 7. The first-order valence-electron chi connectivity index (χ1n) is 8.94. The summed E-state index contributed by atoms with van der Waals surface area (Å²) in [5.74, 6) is -0.195. The molecule has 2 N–H and O–H groups in total. The quantitative estimate of drug-likeness (QED) is 0.502. The van der Waals surface area contributed by atoms with Gasteiger partial charge in [0, 0.05) is 12.3 Å². The number of amides is 1. The van der Waals surface area contributed by atoms with Gasteiger partial charge in [0.25, 0.3) is 0 Å². The number of carboxylic acid groups (broad SMARTS) is 1. The van der Waals surface area contributed by atoms with Gasteiger partial charge in [-0.3, -0.25) is 0 Å². The third kappa shape index (κ3) is 4.39. The largest absolute Gasteiger partial charge is 0.480 e. The molecule has 0 saturated heterocycles. The topological polar surface area (TPSA) is 75.6 Å². The van der Waals surface area contributed by atoms with Crippen LogP contribution in [0, 0.1) is 0 Å². The lowest BCUT2D eigenvalue weighted by Crippen LogP contribution is -2.41. The Hall–Kier alpha value is -2.60. The van der Waals surface area contributed by atoms with Crippen molar-refractivity contribution in [3.63, 3.8) is 0 Å². The van der Waals surface area contributed by atoms with Crippen LogP contribution in [-0.2, 0) is 9.53 Å². The summed E-state index contributed by atoms with van der Waals surface area (Å²) in [5, 5.41) is 13.6. The number of carbonyl (C=O) groups excluding carboxylic acids is 1. The van der Waals surface area contributed by atoms with Crippen molar-refractivity contribution < 1.29 is 19.4 Å². The fraction of sp³-hybridized carbons (Fsp3) is 0.286. The third-order valence-corrected chi connectivity index (χ3v) is 5.42. The molecule has 1 amide bonds. The SMILES string of the molecule is CC[SH]=CC[C@H](NC(=O)OCC1c2ccccc2-c2ccccc21)C(=O)O. The molecule has 1 aliphatic rings. The predicted molar refractivity (Wildman–Crippen MR) is 110 cm³/mol. The molecule has 1 atom stereocenters. The molecule has 6 heteroatoms. The van der Waals surface area contributed by atoms with Gasteiger partial charge in [-0.25, -0.2) is 20.9 Å². The van der Waals surface area contributed by atoms with E-state index in [4.69, 9.17) is 4.74 Å². The number of nitrogens with one attached hydrogen (secondary N) is 1. The molecule has 1 aliphatic carbocycles. The molecule has 142 valence electrons. The summed E-state index contributed by atoms with van der Waals surface area (Å²) in [4.78, 5) is 23.5. The van der Waals surface area contributed by atoms with E-state index in [1.807, 2.05) is 48.7 Å². The third-order valence-electron chi connectivity index (χ3n) is 4.59. The number of aliphatic carboxylic acids is 1. The van der Waals surface area contributed by atoms with E-state index in [0.717, 1.165) is 39.4 Å². The summed E-state index contributed by atoms with van der Waals surface area (Å²) in [5.41, 5.74) is 4.55. The number of thiol groups is 1. The van der Waals surface area contributed by atoms with E-state index in [9.17, 15) is 14.7 Å². The summed E-state index contributed by atoms with van der Waals surface area (Å²) in [6, 6.07) is 15.2. The first kappa shape index (κ1) is 19.2. The Morgan fingerprint density at radius 3 is 2.30 bits per heavy atom. The number of benzene rings is 2. The van der Waals surface area contributed by atoms with Gasteiger partial charge in [0.15, 0.2) is 0 Å². The van der Waals surface area contributed by atoms with Crippen molar-refractivity contribution in [3.05, 3.63) is 59.7 Å². The zero-order valence-corrected chi connectivity index (χ0v) is 16.0. The van der Waals surface area contributed by atoms with Crippen molar-refractivity contribution in [2.45, 2.75) is 25.3 Å². The zero-order valence-electron chi connectivity index (χ0n) is 15.1. The molecular formula is C21H23NO4S. The van der Waals surface area contributed by atoms with E-state index in [1.165, 1.54) is 0 Å². The van der Waals surface area contributed by atoms with Gasteiger partial charge in [-0.05, 0) is 28.0 Å². The standard InChI is InChI=1S/C21H23NO4S/c1-2-27-12-11-19(20(23)24)22-21(25)26-13-18-16-9-5-3-7-14(16)15-8-4-6-10-17(15)18/h3-10,12,18-19,27H,2,11,13H2,1H3,(H,22,25)(H,23,24)/t19-/m0/s1. The molecular weight excluding hydrogens is 362 g/mol. The lowest BCUT2D eigenvalue weighted by molar-refractivity contribution is -0.139. The number of carboxylic acids is 1. The average Bonchev–Trinajstić information content (AvgIpc) is 2.99. The van der Waals surface area contributed by atoms with Crippen LogP contribution < -0.4 is 5.32 Å². The molecule has 5 nitrogen and oxygen atoms in total. The second kappa shape index (κ2) is 8.86. The summed E-state index contributed by atoms with van der Waals surface area (Å²) >= 11 is 1.05. The summed E-state index contributed by atoms with van der Waals surface area (Å²) < 4.78 is 5.40. The van der Waals surface area contributed by atoms with Crippen molar-refractivity contribution in [1.82, 2.24) is 5.32 Å². The Labute approximate surface area is 162 Å². The number of alkyl carbamates (subject to hydrolysis) is 1. The Balaban J connectivity index is 1.67. The number of fused-ring (bicyclic) bond motifs is 3. The Bertz CT molecular complexity index is 819. The van der Waals surface area contributed by atoms with Gasteiger partial charge in [0.1, 0.15) is 12.6 Å². The van der Waals surface area contributed by atoms with Gasteiger partial charge in [0.05, 0.1) is 0 Å². The van der Waals surface area contributed by atoms with Gasteiger partial charge < -0.3 is 15.2 Å². The van der Waals surface area contributed by atoms with Crippen LogP contribution in [0.3, 0.4) is 0 Å². The fourth-order valence-electron chi connectivity index (χ4n) is 3.31. The number of hydrogen-bond acceptors (Lipinski definition) is 3. The van der Waals surface area contributed by atoms with Crippen molar-refractivity contribution in [2.24, 2.45) is 0 Å². The van der Waals surface area contributed by atoms with Crippen LogP contribution in [0.2, 0.25) is 0 Å². The lowest BCUT2D eigenvalue weighted by atomic mass is 9.98. The molecule has 0 saturated carbocycles. The smallest absolute Gasteiger partial charge is 0.407 e. The van der Waals surface area contributed by atoms with Crippen LogP contribution in [0.15, 0.2) is 48.5 Å². The molecule has 0 radical (unpaired) electrons. The fourth-order valence-corrected chi connectivity index (χ4v) is 3.93. The molecule has 2 aromatic rings. The monoisotopic (exact) mass is 385 g/mol. The van der Waals surface area contributed by atoms with Crippen molar-refractivity contribution in [2.75, 3.05) is 12.4 Å². The van der Waals surface area contributed by atoms with Crippen LogP contribution in [0.5, 0.6) is 0 Å². The summed E-state index contributed by atoms with van der Waals surface area (Å²) in [6.07, 6.45) is -0.430. The summed E-state index contributed by atoms with van der Waals surface area (Å²) in [7, 11) is 0. The highest BCUT2D eigenvalue weighted by Gasteiger charge is 2.29. The van der Waals surface area contributed by atoms with E-state index in [-0.39, 0.29) is 18.9 Å². The minimum Gasteiger partial charge on any atom is -0.480 e. The van der Waals surface area contributed by atoms with Gasteiger partial charge in [0.2, 0.25) is 0 Å². The van der Waals surface area contributed by atoms with Crippen molar-refractivity contribution in [3.8, 4) is 11.1 Å². The first-order valence-corrected chi connectivity index (χ1v) is 10.1. The van der Waals surface area contributed by atoms with E-state index in [0.29, 0.717) is 0 Å². The lowest BCUT2D eigenvalue weighted by Gasteiger charge is -2.16. The van der Waals surface area contributed by atoms with E-state index in [1.54, 1.807) is 0 Å². The normalized spacial score (nSPS) is 14.1. The van der Waals surface area contributed by atoms with Crippen LogP contribution in [0.4, 0.5) is 4.79 Å². The molecule has 3 rings (SSSR count). The van der Waals surface area contributed by atoms with E-state index >= 15 is 0 Å².